The van der Waals surface area contributed by atoms with E-state index >= 15 is 0 Å². The summed E-state index contributed by atoms with van der Waals surface area (Å²) in [4.78, 5) is 42.2. The number of benzene rings is 21. The van der Waals surface area contributed by atoms with Crippen molar-refractivity contribution in [2.24, 2.45) is 0 Å². The van der Waals surface area contributed by atoms with Gasteiger partial charge in [0, 0.05) is 99.1 Å². The first kappa shape index (κ1) is 66.1. The normalized spacial score (nSPS) is 13.3. The van der Waals surface area contributed by atoms with E-state index in [0.717, 1.165) is 105 Å². The van der Waals surface area contributed by atoms with Crippen molar-refractivity contribution in [3.05, 3.63) is 521 Å². The van der Waals surface area contributed by atoms with Crippen LogP contribution in [0.25, 0.3) is 251 Å². The summed E-state index contributed by atoms with van der Waals surface area (Å²) >= 11 is 0. The van der Waals surface area contributed by atoms with Crippen LogP contribution in [0.3, 0.4) is 0 Å². The Morgan fingerprint density at radius 1 is 0.147 bits per heavy atom. The minimum absolute atomic E-state index is 0.00194. The lowest BCUT2D eigenvalue weighted by Crippen LogP contribution is -2.01. The molecule has 0 aliphatic heterocycles. The molecule has 6 aromatic heterocycles. The molecule has 0 spiro atoms. The van der Waals surface area contributed by atoms with Crippen LogP contribution in [-0.2, 0) is 0 Å². The fraction of sp³-hybridized carbons (Fsp3) is 0. The van der Waals surface area contributed by atoms with Gasteiger partial charge in [0.2, 0.25) is 0 Å². The van der Waals surface area contributed by atoms with Crippen LogP contribution in [0.15, 0.2) is 521 Å². The van der Waals surface area contributed by atoms with E-state index in [4.69, 9.17) is 52.3 Å². The summed E-state index contributed by atoms with van der Waals surface area (Å²) in [5, 5.41) is 10.9. The van der Waals surface area contributed by atoms with Crippen LogP contribution >= 0.6 is 0 Å². The molecule has 0 atom stereocenters. The Morgan fingerprint density at radius 2 is 0.427 bits per heavy atom. The van der Waals surface area contributed by atoms with Crippen LogP contribution in [0.2, 0.25) is 0 Å². The summed E-state index contributed by atoms with van der Waals surface area (Å²) in [5.74, 6) is 0.685. The van der Waals surface area contributed by atoms with Gasteiger partial charge < -0.3 is 13.7 Å². The van der Waals surface area contributed by atoms with Gasteiger partial charge in [0.05, 0.1) is 66.2 Å². The van der Waals surface area contributed by atoms with Crippen molar-refractivity contribution in [2.45, 2.75) is 0 Å². The average molecular weight is 1850 g/mol. The highest BCUT2D eigenvalue weighted by molar-refractivity contribution is 6.14. The number of rotatable bonds is 16. The molecule has 143 heavy (non-hydrogen) atoms. The second kappa shape index (κ2) is 37.6. The third-order valence-electron chi connectivity index (χ3n) is 25.5. The summed E-state index contributed by atoms with van der Waals surface area (Å²) in [5.41, 5.74) is 20.3. The lowest BCUT2D eigenvalue weighted by Gasteiger charge is -2.15. The number of nitrogens with zero attached hydrogens (tertiary/aromatic N) is 12. The van der Waals surface area contributed by atoms with Crippen molar-refractivity contribution in [1.29, 1.82) is 0 Å². The quantitative estimate of drug-likeness (QED) is 0.0928. The molecule has 0 fully saturated rings. The van der Waals surface area contributed by atoms with Gasteiger partial charge in [-0.15, -0.1) is 0 Å². The van der Waals surface area contributed by atoms with Crippen molar-refractivity contribution in [2.75, 3.05) is 0 Å². The Balaban J connectivity index is 0.000000124. The largest absolute Gasteiger partial charge is 0.309 e. The highest BCUT2D eigenvalue weighted by Gasteiger charge is 2.24. The number of fused-ring (bicyclic) bond motifs is 11. The van der Waals surface area contributed by atoms with Gasteiger partial charge in [0.15, 0.2) is 52.4 Å². The number of hydrogen-bond donors (Lipinski definition) is 0. The maximum atomic E-state index is 8.70. The van der Waals surface area contributed by atoms with Gasteiger partial charge in [-0.3, -0.25) is 0 Å². The molecule has 0 aliphatic carbocycles. The van der Waals surface area contributed by atoms with Gasteiger partial charge in [-0.1, -0.05) is 436 Å². The molecule has 0 N–H and O–H groups in total. The molecule has 12 nitrogen and oxygen atoms in total. The summed E-state index contributed by atoms with van der Waals surface area (Å²) in [6.07, 6.45) is 0. The van der Waals surface area contributed by atoms with Gasteiger partial charge in [-0.2, -0.15) is 0 Å². The minimum Gasteiger partial charge on any atom is -0.309 e. The lowest BCUT2D eigenvalue weighted by molar-refractivity contribution is 1.07. The average Bonchev–Trinajstić information content (AvgIpc) is 1.67. The zero-order valence-electron chi connectivity index (χ0n) is 96.0. The van der Waals surface area contributed by atoms with Crippen molar-refractivity contribution < 1.29 is 27.4 Å². The molecule has 0 saturated heterocycles. The fourth-order valence-electron chi connectivity index (χ4n) is 18.8. The SMILES string of the molecule is [2H]c1c([2H])c([2H])c(-c2nc(-c3c([2H])c([2H])c([2H])c([2H])c3[2H])nc(-c3ccc(-n4c5ccccc5c5ccccc54)c4ccccc34)n2)c([2H])c1[2H].[2H]c1c([2H])c([2H])c(-c2nc(-c3ccc(-c4ccccc4)cc3)nc(-c3cccc(-c4cccc(-n5c6ccccc6c6ccccc65)c4)c3)n2)c([2H])c1[2H].[2H]c1c([2H])c([2H])c(-c2nc(-c3ccccc3)nc(-c3ccc(-c4cccc(-n5c6ccccc6c6ccc(-c7ccc8ccccc8c7)cc65)c4)cc3)n2)c([2H])c1[2H]. The molecule has 0 bridgehead atoms. The summed E-state index contributed by atoms with van der Waals surface area (Å²) in [6, 6.07) is 125. The molecule has 27 rings (SSSR count). The Hall–Kier alpha value is -19.4. The molecule has 0 amide bonds. The molecule has 27 aromatic rings. The van der Waals surface area contributed by atoms with E-state index in [1.54, 1.807) is 0 Å². The highest BCUT2D eigenvalue weighted by Crippen LogP contribution is 2.43. The number of hydrogen-bond acceptors (Lipinski definition) is 9. The molecular weight excluding hydrogens is 1740 g/mol. The third kappa shape index (κ3) is 16.7. The summed E-state index contributed by atoms with van der Waals surface area (Å²) in [7, 11) is 0. The Bertz CT molecular complexity index is 10500. The van der Waals surface area contributed by atoms with Gasteiger partial charge >= 0.3 is 0 Å². The molecule has 0 radical (unpaired) electrons. The van der Waals surface area contributed by atoms with Gasteiger partial charge in [-0.25, -0.2) is 44.9 Å². The Morgan fingerprint density at radius 3 is 0.888 bits per heavy atom. The predicted molar refractivity (Wildman–Crippen MR) is 588 cm³/mol. The van der Waals surface area contributed by atoms with Crippen molar-refractivity contribution in [1.82, 2.24) is 58.6 Å². The maximum Gasteiger partial charge on any atom is 0.164 e. The van der Waals surface area contributed by atoms with E-state index in [2.05, 4.69) is 240 Å². The lowest BCUT2D eigenvalue weighted by atomic mass is 10.00. The van der Waals surface area contributed by atoms with E-state index in [-0.39, 0.29) is 75.5 Å². The van der Waals surface area contributed by atoms with E-state index in [0.29, 0.717) is 56.5 Å². The van der Waals surface area contributed by atoms with Crippen LogP contribution in [0.5, 0.6) is 0 Å². The van der Waals surface area contributed by atoms with Crippen LogP contribution in [0, 0.1) is 0 Å². The topological polar surface area (TPSA) is 131 Å². The third-order valence-corrected chi connectivity index (χ3v) is 25.5. The first-order valence-corrected chi connectivity index (χ1v) is 46.4. The number of para-hydroxylation sites is 5. The maximum absolute atomic E-state index is 8.70. The molecule has 21 aromatic carbocycles. The molecule has 0 saturated carbocycles. The van der Waals surface area contributed by atoms with Crippen molar-refractivity contribution in [3.63, 3.8) is 0 Å². The second-order valence-corrected chi connectivity index (χ2v) is 34.1. The van der Waals surface area contributed by atoms with E-state index in [9.17, 15) is 0 Å². The molecule has 670 valence electrons. The van der Waals surface area contributed by atoms with E-state index in [1.807, 2.05) is 194 Å². The monoisotopic (exact) mass is 1850 g/mol. The van der Waals surface area contributed by atoms with Crippen LogP contribution in [0.1, 0.15) is 27.4 Å². The Kier molecular flexibility index (Phi) is 17.4. The van der Waals surface area contributed by atoms with Gasteiger partial charge in [0.1, 0.15) is 0 Å². The zero-order valence-corrected chi connectivity index (χ0v) is 76.0. The summed E-state index contributed by atoms with van der Waals surface area (Å²) < 4.78 is 175. The van der Waals surface area contributed by atoms with E-state index in [1.165, 1.54) is 37.9 Å². The smallest absolute Gasteiger partial charge is 0.164 e. The minimum atomic E-state index is -0.599. The van der Waals surface area contributed by atoms with Gasteiger partial charge in [-0.05, 0) is 146 Å². The molecule has 0 unspecified atom stereocenters. The van der Waals surface area contributed by atoms with Crippen molar-refractivity contribution in [3.8, 4) is 164 Å². The molecule has 0 aliphatic rings. The fourth-order valence-corrected chi connectivity index (χ4v) is 18.8. The first-order valence-electron chi connectivity index (χ1n) is 56.4. The van der Waals surface area contributed by atoms with Crippen LogP contribution in [0.4, 0.5) is 0 Å². The second-order valence-electron chi connectivity index (χ2n) is 34.1. The van der Waals surface area contributed by atoms with Crippen LogP contribution in [-0.4, -0.2) is 58.6 Å². The van der Waals surface area contributed by atoms with E-state index < -0.39 is 96.7 Å². The molecular formula is C131H86N12. The molecule has 6 heterocycles. The molecule has 12 heteroatoms. The van der Waals surface area contributed by atoms with Gasteiger partial charge in [0.25, 0.3) is 0 Å². The zero-order chi connectivity index (χ0) is 112. The van der Waals surface area contributed by atoms with Crippen molar-refractivity contribution >= 4 is 87.0 Å². The Labute approximate surface area is 853 Å². The standard InChI is InChI=1S/C49H32N4.C45H30N4.C37H24N4/c1-3-13-35(14-4-1)47-50-48(36-15-5-2-6-16-36)52-49(51-47)37-25-22-34(23-26-37)39-18-11-19-42(31-39)53-45-21-10-9-20-43(45)44-29-28-41(32-46(44)53)40-27-24-33-12-7-8-17-38(33)30-40;1-3-13-31(14-4-1)32-25-27-34(28-26-32)44-46-43(33-15-5-2-6-16-33)47-45(48-44)37-19-11-17-35(29-37)36-18-12-20-38(30-36)49-41-23-9-7-21-39(41)40-22-8-10-24-42(40)49;1-3-13-25(14-4-1)35-38-36(26-15-5-2-6-16-26)40-37(39-35)31-23-24-34(28-18-8-7-17-27(28)31)41-32-21-11-9-19-29(32)30-20-10-12-22-33(30)41/h1-32H;1-30H;1-24H/i1D,3D,4D,13D,14D;2D,5D,6D,15D,16D;1D,2D,3D,4D,5D,6D,13D,14D,15D,16D. The van der Waals surface area contributed by atoms with Crippen LogP contribution < -0.4 is 0 Å². The highest BCUT2D eigenvalue weighted by atomic mass is 15.1. The predicted octanol–water partition coefficient (Wildman–Crippen LogP) is 32.9. The first-order chi connectivity index (χ1) is 79.2. The number of aromatic nitrogens is 12. The summed E-state index contributed by atoms with van der Waals surface area (Å²) in [6.45, 7) is 0.